The van der Waals surface area contributed by atoms with Crippen LogP contribution in [0.5, 0.6) is 0 Å². The lowest BCUT2D eigenvalue weighted by atomic mass is 10.1. The number of nitrogens with zero attached hydrogens (tertiary/aromatic N) is 1. The molecule has 0 spiro atoms. The highest BCUT2D eigenvalue weighted by molar-refractivity contribution is 8.00. The molecule has 0 aliphatic rings. The van der Waals surface area contributed by atoms with Crippen molar-refractivity contribution in [1.82, 2.24) is 4.98 Å². The number of rotatable bonds is 15. The molecule has 2 aromatic carbocycles. The molecule has 3 aromatic rings. The number of aliphatic hydroxyl groups excluding tert-OH is 1. The SMILES string of the molecule is O=C(O)c1ccc(SC(c2cccnc2SCCCCCCCc2ccccc2)C(O)C(=O)O)cc1. The zero-order valence-corrected chi connectivity index (χ0v) is 21.6. The number of aromatic nitrogens is 1. The predicted octanol–water partition coefficient (Wildman–Crippen LogP) is 6.34. The fourth-order valence-electron chi connectivity index (χ4n) is 3.77. The molecule has 8 heteroatoms. The lowest BCUT2D eigenvalue weighted by Crippen LogP contribution is -2.26. The Morgan fingerprint density at radius 2 is 1.53 bits per heavy atom. The summed E-state index contributed by atoms with van der Waals surface area (Å²) < 4.78 is 0. The highest BCUT2D eigenvalue weighted by Crippen LogP contribution is 2.41. The molecule has 3 rings (SSSR count). The van der Waals surface area contributed by atoms with Crippen molar-refractivity contribution in [3.05, 3.63) is 89.6 Å². The summed E-state index contributed by atoms with van der Waals surface area (Å²) in [5.74, 6) is -1.49. The van der Waals surface area contributed by atoms with Crippen molar-refractivity contribution in [2.75, 3.05) is 5.75 Å². The Hall–Kier alpha value is -2.81. The Labute approximate surface area is 220 Å². The maximum Gasteiger partial charge on any atom is 0.335 e. The van der Waals surface area contributed by atoms with Gasteiger partial charge in [-0.2, -0.15) is 0 Å². The van der Waals surface area contributed by atoms with Gasteiger partial charge in [0.15, 0.2) is 6.10 Å². The summed E-state index contributed by atoms with van der Waals surface area (Å²) in [6, 6.07) is 20.2. The number of hydrogen-bond acceptors (Lipinski definition) is 6. The standard InChI is InChI=1S/C28H31NO5S2/c30-24(28(33)34)25(36-22-16-14-21(15-17-22)27(31)32)23-13-9-18-29-26(23)35-19-8-3-1-2-5-10-20-11-6-4-7-12-20/h4,6-7,9,11-18,24-25,30H,1-3,5,8,10,19H2,(H,31,32)(H,33,34). The van der Waals surface area contributed by atoms with Gasteiger partial charge in [0.1, 0.15) is 5.03 Å². The third-order valence-electron chi connectivity index (χ3n) is 5.70. The van der Waals surface area contributed by atoms with Crippen LogP contribution in [0.1, 0.15) is 58.8 Å². The van der Waals surface area contributed by atoms with E-state index in [4.69, 9.17) is 5.11 Å². The van der Waals surface area contributed by atoms with Crippen LogP contribution in [-0.2, 0) is 11.2 Å². The lowest BCUT2D eigenvalue weighted by molar-refractivity contribution is -0.146. The molecular formula is C28H31NO5S2. The molecule has 0 amide bonds. The van der Waals surface area contributed by atoms with Gasteiger partial charge in [-0.1, -0.05) is 55.7 Å². The molecule has 6 nitrogen and oxygen atoms in total. The van der Waals surface area contributed by atoms with Crippen LogP contribution in [0.25, 0.3) is 0 Å². The molecular weight excluding hydrogens is 494 g/mol. The maximum absolute atomic E-state index is 11.7. The number of carboxylic acid groups (broad SMARTS) is 2. The molecule has 1 heterocycles. The molecule has 0 aliphatic heterocycles. The van der Waals surface area contributed by atoms with E-state index in [1.807, 2.05) is 6.07 Å². The number of thioether (sulfide) groups is 2. The molecule has 0 bridgehead atoms. The summed E-state index contributed by atoms with van der Waals surface area (Å²) in [5.41, 5.74) is 2.18. The van der Waals surface area contributed by atoms with Crippen molar-refractivity contribution in [2.45, 2.75) is 59.8 Å². The molecule has 0 saturated heterocycles. The van der Waals surface area contributed by atoms with Gasteiger partial charge in [0.25, 0.3) is 0 Å². The van der Waals surface area contributed by atoms with Gasteiger partial charge in [0.2, 0.25) is 0 Å². The molecule has 0 aliphatic carbocycles. The van der Waals surface area contributed by atoms with E-state index < -0.39 is 23.3 Å². The molecule has 0 fully saturated rings. The van der Waals surface area contributed by atoms with Gasteiger partial charge in [-0.3, -0.25) is 0 Å². The Balaban J connectivity index is 1.55. The quantitative estimate of drug-likeness (QED) is 0.156. The number of unbranched alkanes of at least 4 members (excludes halogenated alkanes) is 4. The molecule has 2 unspecified atom stereocenters. The average molecular weight is 526 g/mol. The van der Waals surface area contributed by atoms with Crippen molar-refractivity contribution < 1.29 is 24.9 Å². The third kappa shape index (κ3) is 8.69. The van der Waals surface area contributed by atoms with Gasteiger partial charge in [-0.25, -0.2) is 14.6 Å². The number of carbonyl (C=O) groups is 2. The Kier molecular flexibility index (Phi) is 11.3. The van der Waals surface area contributed by atoms with E-state index in [0.29, 0.717) is 15.5 Å². The van der Waals surface area contributed by atoms with E-state index in [1.54, 1.807) is 42.2 Å². The third-order valence-corrected chi connectivity index (χ3v) is 8.12. The van der Waals surface area contributed by atoms with Crippen molar-refractivity contribution in [1.29, 1.82) is 0 Å². The van der Waals surface area contributed by atoms with Crippen molar-refractivity contribution >= 4 is 35.5 Å². The first-order valence-corrected chi connectivity index (χ1v) is 13.8. The number of aliphatic hydroxyl groups is 1. The molecule has 0 radical (unpaired) electrons. The second-order valence-corrected chi connectivity index (χ2v) is 10.7. The Morgan fingerprint density at radius 3 is 2.22 bits per heavy atom. The summed E-state index contributed by atoms with van der Waals surface area (Å²) in [6.07, 6.45) is 6.84. The first-order valence-electron chi connectivity index (χ1n) is 12.0. The number of aliphatic carboxylic acids is 1. The second-order valence-electron chi connectivity index (χ2n) is 8.40. The van der Waals surface area contributed by atoms with Gasteiger partial charge >= 0.3 is 11.9 Å². The summed E-state index contributed by atoms with van der Waals surface area (Å²) in [5, 5.41) is 29.0. The van der Waals surface area contributed by atoms with Gasteiger partial charge in [0, 0.05) is 16.7 Å². The fourth-order valence-corrected chi connectivity index (χ4v) is 6.03. The minimum atomic E-state index is -1.64. The van der Waals surface area contributed by atoms with Crippen LogP contribution >= 0.6 is 23.5 Å². The average Bonchev–Trinajstić information content (AvgIpc) is 2.89. The molecule has 3 N–H and O–H groups in total. The molecule has 2 atom stereocenters. The van der Waals surface area contributed by atoms with Crippen LogP contribution in [0, 0.1) is 0 Å². The minimum absolute atomic E-state index is 0.146. The van der Waals surface area contributed by atoms with Gasteiger partial charge in [-0.05, 0) is 60.9 Å². The van der Waals surface area contributed by atoms with E-state index in [-0.39, 0.29) is 5.56 Å². The zero-order chi connectivity index (χ0) is 25.8. The first kappa shape index (κ1) is 27.8. The highest BCUT2D eigenvalue weighted by atomic mass is 32.2. The number of pyridine rings is 1. The smallest absolute Gasteiger partial charge is 0.335 e. The topological polar surface area (TPSA) is 108 Å². The molecule has 36 heavy (non-hydrogen) atoms. The van der Waals surface area contributed by atoms with Crippen LogP contribution in [0.2, 0.25) is 0 Å². The summed E-state index contributed by atoms with van der Waals surface area (Å²) in [4.78, 5) is 27.9. The summed E-state index contributed by atoms with van der Waals surface area (Å²) >= 11 is 2.76. The normalized spacial score (nSPS) is 12.7. The van der Waals surface area contributed by atoms with Crippen molar-refractivity contribution in [3.8, 4) is 0 Å². The van der Waals surface area contributed by atoms with E-state index in [9.17, 15) is 19.8 Å². The first-order chi connectivity index (χ1) is 17.5. The fraction of sp³-hybridized carbons (Fsp3) is 0.321. The number of aromatic carboxylic acids is 1. The number of aryl methyl sites for hydroxylation is 1. The molecule has 0 saturated carbocycles. The van der Waals surface area contributed by atoms with Gasteiger partial charge < -0.3 is 15.3 Å². The zero-order valence-electron chi connectivity index (χ0n) is 20.0. The monoisotopic (exact) mass is 525 g/mol. The van der Waals surface area contributed by atoms with Crippen molar-refractivity contribution in [2.24, 2.45) is 0 Å². The predicted molar refractivity (Wildman–Crippen MR) is 144 cm³/mol. The largest absolute Gasteiger partial charge is 0.479 e. The lowest BCUT2D eigenvalue weighted by Gasteiger charge is -2.22. The molecule has 190 valence electrons. The van der Waals surface area contributed by atoms with E-state index >= 15 is 0 Å². The van der Waals surface area contributed by atoms with Crippen LogP contribution in [0.3, 0.4) is 0 Å². The number of hydrogen-bond donors (Lipinski definition) is 3. The van der Waals surface area contributed by atoms with E-state index in [2.05, 4.69) is 29.2 Å². The van der Waals surface area contributed by atoms with Gasteiger partial charge in [0.05, 0.1) is 10.8 Å². The van der Waals surface area contributed by atoms with Crippen LogP contribution in [-0.4, -0.2) is 44.1 Å². The second kappa shape index (κ2) is 14.7. The minimum Gasteiger partial charge on any atom is -0.479 e. The Bertz CT molecular complexity index is 1110. The number of carboxylic acids is 2. The van der Waals surface area contributed by atoms with Crippen LogP contribution < -0.4 is 0 Å². The Morgan fingerprint density at radius 1 is 0.833 bits per heavy atom. The highest BCUT2D eigenvalue weighted by Gasteiger charge is 2.30. The van der Waals surface area contributed by atoms with E-state index in [1.165, 1.54) is 48.7 Å². The van der Waals surface area contributed by atoms with Crippen LogP contribution in [0.4, 0.5) is 0 Å². The molecule has 1 aromatic heterocycles. The summed E-state index contributed by atoms with van der Waals surface area (Å²) in [6.45, 7) is 0. The van der Waals surface area contributed by atoms with E-state index in [0.717, 1.165) is 25.0 Å². The summed E-state index contributed by atoms with van der Waals surface area (Å²) in [7, 11) is 0. The van der Waals surface area contributed by atoms with Crippen LogP contribution in [0.15, 0.2) is 82.8 Å². The van der Waals surface area contributed by atoms with Gasteiger partial charge in [-0.15, -0.1) is 23.5 Å². The van der Waals surface area contributed by atoms with Crippen molar-refractivity contribution in [3.63, 3.8) is 0 Å². The maximum atomic E-state index is 11.7. The number of benzene rings is 2.